The standard InChI is InChI=1S/C17H20F4N2O/c18-14-10-12(5-6-15(14)22-7-1-2-8-22)16(24)23-9-3-4-13(11-23)17(19,20)21/h5-6,10,13H,1-4,7-9,11H2/t13-/m1/s1. The first-order chi connectivity index (χ1) is 11.4. The van der Waals surface area contributed by atoms with Crippen molar-refractivity contribution in [2.24, 2.45) is 5.92 Å². The van der Waals surface area contributed by atoms with Crippen molar-refractivity contribution < 1.29 is 22.4 Å². The molecule has 2 heterocycles. The molecule has 0 aromatic heterocycles. The Morgan fingerprint density at radius 2 is 1.79 bits per heavy atom. The number of carbonyl (C=O) groups is 1. The summed E-state index contributed by atoms with van der Waals surface area (Å²) in [4.78, 5) is 15.5. The Hall–Kier alpha value is -1.79. The lowest BCUT2D eigenvalue weighted by Gasteiger charge is -2.33. The molecule has 0 radical (unpaired) electrons. The van der Waals surface area contributed by atoms with Crippen molar-refractivity contribution in [3.8, 4) is 0 Å². The number of piperidine rings is 1. The largest absolute Gasteiger partial charge is 0.393 e. The lowest BCUT2D eigenvalue weighted by Crippen LogP contribution is -2.44. The number of amides is 1. The van der Waals surface area contributed by atoms with E-state index in [0.29, 0.717) is 12.1 Å². The van der Waals surface area contributed by atoms with Gasteiger partial charge in [0.15, 0.2) is 0 Å². The molecule has 3 rings (SSSR count). The van der Waals surface area contributed by atoms with E-state index < -0.39 is 23.8 Å². The Morgan fingerprint density at radius 3 is 2.42 bits per heavy atom. The van der Waals surface area contributed by atoms with E-state index in [1.807, 2.05) is 4.90 Å². The number of anilines is 1. The van der Waals surface area contributed by atoms with Crippen molar-refractivity contribution in [2.45, 2.75) is 31.9 Å². The lowest BCUT2D eigenvalue weighted by molar-refractivity contribution is -0.184. The van der Waals surface area contributed by atoms with Crippen molar-refractivity contribution in [1.82, 2.24) is 4.90 Å². The Bertz CT molecular complexity index is 611. The average Bonchev–Trinajstić information content (AvgIpc) is 3.07. The topological polar surface area (TPSA) is 23.6 Å². The van der Waals surface area contributed by atoms with Gasteiger partial charge in [-0.25, -0.2) is 4.39 Å². The molecule has 2 fully saturated rings. The molecule has 24 heavy (non-hydrogen) atoms. The molecule has 132 valence electrons. The van der Waals surface area contributed by atoms with Gasteiger partial charge in [0.1, 0.15) is 5.82 Å². The SMILES string of the molecule is O=C(c1ccc(N2CCCC2)c(F)c1)N1CCC[C@@H](C(F)(F)F)C1. The molecule has 1 amide bonds. The molecule has 3 nitrogen and oxygen atoms in total. The van der Waals surface area contributed by atoms with Crippen LogP contribution in [0.3, 0.4) is 0 Å². The van der Waals surface area contributed by atoms with E-state index in [0.717, 1.165) is 32.0 Å². The normalized spacial score (nSPS) is 22.1. The van der Waals surface area contributed by atoms with E-state index in [9.17, 15) is 22.4 Å². The maximum atomic E-state index is 14.3. The van der Waals surface area contributed by atoms with E-state index in [-0.39, 0.29) is 25.1 Å². The highest BCUT2D eigenvalue weighted by Gasteiger charge is 2.42. The van der Waals surface area contributed by atoms with Gasteiger partial charge in [-0.05, 0) is 43.9 Å². The number of alkyl halides is 3. The van der Waals surface area contributed by atoms with Crippen LogP contribution in [0.2, 0.25) is 0 Å². The van der Waals surface area contributed by atoms with Gasteiger partial charge in [-0.2, -0.15) is 13.2 Å². The van der Waals surface area contributed by atoms with Crippen LogP contribution in [0.5, 0.6) is 0 Å². The van der Waals surface area contributed by atoms with Gasteiger partial charge in [-0.15, -0.1) is 0 Å². The summed E-state index contributed by atoms with van der Waals surface area (Å²) in [5.74, 6) is -2.52. The molecule has 0 bridgehead atoms. The van der Waals surface area contributed by atoms with Crippen LogP contribution in [0, 0.1) is 11.7 Å². The minimum atomic E-state index is -4.30. The van der Waals surface area contributed by atoms with Crippen LogP contribution >= 0.6 is 0 Å². The lowest BCUT2D eigenvalue weighted by atomic mass is 9.97. The third-order valence-electron chi connectivity index (χ3n) is 4.81. The summed E-state index contributed by atoms with van der Waals surface area (Å²) in [6, 6.07) is 4.21. The highest BCUT2D eigenvalue weighted by atomic mass is 19.4. The van der Waals surface area contributed by atoms with Crippen molar-refractivity contribution in [1.29, 1.82) is 0 Å². The Balaban J connectivity index is 1.74. The highest BCUT2D eigenvalue weighted by molar-refractivity contribution is 5.94. The molecule has 0 saturated carbocycles. The number of rotatable bonds is 2. The predicted molar refractivity (Wildman–Crippen MR) is 82.5 cm³/mol. The molecular formula is C17H20F4N2O. The predicted octanol–water partition coefficient (Wildman–Crippen LogP) is 3.84. The summed E-state index contributed by atoms with van der Waals surface area (Å²) < 4.78 is 52.9. The third-order valence-corrected chi connectivity index (χ3v) is 4.81. The highest BCUT2D eigenvalue weighted by Crippen LogP contribution is 2.34. The minimum absolute atomic E-state index is 0.0372. The Morgan fingerprint density at radius 1 is 1.08 bits per heavy atom. The number of halogens is 4. The van der Waals surface area contributed by atoms with Crippen molar-refractivity contribution in [3.05, 3.63) is 29.6 Å². The van der Waals surface area contributed by atoms with E-state index in [2.05, 4.69) is 0 Å². The van der Waals surface area contributed by atoms with Gasteiger partial charge >= 0.3 is 6.18 Å². The van der Waals surface area contributed by atoms with Crippen LogP contribution in [0.25, 0.3) is 0 Å². The minimum Gasteiger partial charge on any atom is -0.369 e. The molecule has 0 spiro atoms. The second kappa shape index (κ2) is 6.61. The molecule has 2 aliphatic rings. The quantitative estimate of drug-likeness (QED) is 0.761. The van der Waals surface area contributed by atoms with Crippen LogP contribution in [-0.4, -0.2) is 43.2 Å². The summed E-state index contributed by atoms with van der Waals surface area (Å²) in [6.45, 7) is 1.49. The van der Waals surface area contributed by atoms with Crippen molar-refractivity contribution in [2.75, 3.05) is 31.1 Å². The van der Waals surface area contributed by atoms with Crippen LogP contribution in [-0.2, 0) is 0 Å². The van der Waals surface area contributed by atoms with Crippen molar-refractivity contribution >= 4 is 11.6 Å². The van der Waals surface area contributed by atoms with E-state index in [1.165, 1.54) is 11.0 Å². The first-order valence-corrected chi connectivity index (χ1v) is 8.27. The monoisotopic (exact) mass is 344 g/mol. The molecule has 1 aromatic rings. The zero-order valence-electron chi connectivity index (χ0n) is 13.3. The fraction of sp³-hybridized carbons (Fsp3) is 0.588. The molecular weight excluding hydrogens is 324 g/mol. The van der Waals surface area contributed by atoms with Gasteiger partial charge < -0.3 is 9.80 Å². The molecule has 1 atom stereocenters. The van der Waals surface area contributed by atoms with Crippen molar-refractivity contribution in [3.63, 3.8) is 0 Å². The summed E-state index contributed by atoms with van der Waals surface area (Å²) in [5, 5.41) is 0. The second-order valence-corrected chi connectivity index (χ2v) is 6.49. The fourth-order valence-corrected chi connectivity index (χ4v) is 3.47. The average molecular weight is 344 g/mol. The van der Waals surface area contributed by atoms with Gasteiger partial charge in [0, 0.05) is 31.7 Å². The third kappa shape index (κ3) is 3.49. The number of hydrogen-bond acceptors (Lipinski definition) is 2. The van der Waals surface area contributed by atoms with E-state index in [1.54, 1.807) is 6.07 Å². The number of likely N-dealkylation sites (tertiary alicyclic amines) is 1. The molecule has 2 aliphatic heterocycles. The van der Waals surface area contributed by atoms with Crippen LogP contribution in [0.4, 0.5) is 23.2 Å². The zero-order valence-corrected chi connectivity index (χ0v) is 13.3. The van der Waals surface area contributed by atoms with Gasteiger partial charge in [0.05, 0.1) is 11.6 Å². The number of hydrogen-bond donors (Lipinski definition) is 0. The Kier molecular flexibility index (Phi) is 4.69. The van der Waals surface area contributed by atoms with Gasteiger partial charge in [-0.3, -0.25) is 4.79 Å². The van der Waals surface area contributed by atoms with Crippen LogP contribution in [0.1, 0.15) is 36.0 Å². The summed E-state index contributed by atoms with van der Waals surface area (Å²) in [7, 11) is 0. The van der Waals surface area contributed by atoms with Gasteiger partial charge in [-0.1, -0.05) is 0 Å². The van der Waals surface area contributed by atoms with Crippen LogP contribution in [0.15, 0.2) is 18.2 Å². The van der Waals surface area contributed by atoms with E-state index >= 15 is 0 Å². The molecule has 2 saturated heterocycles. The number of nitrogens with zero attached hydrogens (tertiary/aromatic N) is 2. The number of carbonyl (C=O) groups excluding carboxylic acids is 1. The molecule has 0 unspecified atom stereocenters. The summed E-state index contributed by atoms with van der Waals surface area (Å²) in [5.41, 5.74) is 0.564. The maximum absolute atomic E-state index is 14.3. The molecule has 7 heteroatoms. The molecule has 0 N–H and O–H groups in total. The summed E-state index contributed by atoms with van der Waals surface area (Å²) in [6.07, 6.45) is -1.94. The molecule has 1 aromatic carbocycles. The second-order valence-electron chi connectivity index (χ2n) is 6.49. The Labute approximate surface area is 138 Å². The maximum Gasteiger partial charge on any atom is 0.393 e. The smallest absolute Gasteiger partial charge is 0.369 e. The van der Waals surface area contributed by atoms with Gasteiger partial charge in [0.2, 0.25) is 0 Å². The van der Waals surface area contributed by atoms with Gasteiger partial charge in [0.25, 0.3) is 5.91 Å². The van der Waals surface area contributed by atoms with E-state index in [4.69, 9.17) is 0 Å². The van der Waals surface area contributed by atoms with Crippen LogP contribution < -0.4 is 4.90 Å². The fourth-order valence-electron chi connectivity index (χ4n) is 3.47. The zero-order chi connectivity index (χ0) is 17.3. The molecule has 0 aliphatic carbocycles. The first kappa shape index (κ1) is 17.0. The number of benzene rings is 1. The summed E-state index contributed by atoms with van der Waals surface area (Å²) >= 11 is 0. The first-order valence-electron chi connectivity index (χ1n) is 8.27.